The fourth-order valence-electron chi connectivity index (χ4n) is 13.0. The van der Waals surface area contributed by atoms with E-state index in [4.69, 9.17) is 0 Å². The first kappa shape index (κ1) is 36.4. The zero-order valence-corrected chi connectivity index (χ0v) is 34.8. The lowest BCUT2D eigenvalue weighted by atomic mass is 9.65. The molecule has 6 rings (SSSR count). The van der Waals surface area contributed by atoms with E-state index in [9.17, 15) is 0 Å². The molecule has 0 aliphatic heterocycles. The number of hydrogen-bond donors (Lipinski definition) is 0. The minimum absolute atomic E-state index is 0.180. The Morgan fingerprint density at radius 2 is 1.02 bits per heavy atom. The molecule has 266 valence electrons. The zero-order valence-electron chi connectivity index (χ0n) is 33.8. The average molecular weight is 667 g/mol. The van der Waals surface area contributed by atoms with E-state index in [1.54, 1.807) is 22.3 Å². The average Bonchev–Trinajstić information content (AvgIpc) is 3.53. The van der Waals surface area contributed by atoms with Gasteiger partial charge in [-0.2, -0.15) is 0 Å². The van der Waals surface area contributed by atoms with Crippen molar-refractivity contribution in [2.24, 2.45) is 41.4 Å². The molecule has 11 unspecified atom stereocenters. The van der Waals surface area contributed by atoms with E-state index < -0.39 is 8.07 Å². The van der Waals surface area contributed by atoms with Gasteiger partial charge in [0.1, 0.15) is 0 Å². The van der Waals surface area contributed by atoms with Gasteiger partial charge in [0, 0.05) is 0 Å². The van der Waals surface area contributed by atoms with Crippen LogP contribution in [0, 0.1) is 41.4 Å². The first-order valence-electron chi connectivity index (χ1n) is 20.5. The van der Waals surface area contributed by atoms with E-state index >= 15 is 0 Å². The van der Waals surface area contributed by atoms with Crippen LogP contribution in [-0.4, -0.2) is 8.07 Å². The van der Waals surface area contributed by atoms with Crippen LogP contribution < -0.4 is 0 Å². The summed E-state index contributed by atoms with van der Waals surface area (Å²) < 4.78 is 0. The largest absolute Gasteiger partial charge is 0.0689 e. The lowest BCUT2D eigenvalue weighted by Gasteiger charge is -2.50. The van der Waals surface area contributed by atoms with Crippen LogP contribution in [0.15, 0.2) is 42.5 Å². The summed E-state index contributed by atoms with van der Waals surface area (Å²) in [5.41, 5.74) is 10.4. The van der Waals surface area contributed by atoms with Crippen molar-refractivity contribution in [2.75, 3.05) is 0 Å². The topological polar surface area (TPSA) is 0 Å². The fraction of sp³-hybridized carbons (Fsp3) is 0.745. The van der Waals surface area contributed by atoms with Gasteiger partial charge in [0.05, 0.1) is 8.07 Å². The molecule has 11 atom stereocenters. The van der Waals surface area contributed by atoms with E-state index in [0.717, 1.165) is 64.3 Å². The molecule has 0 heterocycles. The Hall–Kier alpha value is -1.34. The van der Waals surface area contributed by atoms with Crippen molar-refractivity contribution in [3.63, 3.8) is 0 Å². The van der Waals surface area contributed by atoms with Gasteiger partial charge < -0.3 is 0 Å². The number of hydrogen-bond acceptors (Lipinski definition) is 0. The van der Waals surface area contributed by atoms with Crippen LogP contribution in [0.3, 0.4) is 0 Å². The predicted octanol–water partition coefficient (Wildman–Crippen LogP) is 14.1. The highest BCUT2D eigenvalue weighted by Gasteiger charge is 2.60. The smallest absolute Gasteiger partial charge is 0.0547 e. The van der Waals surface area contributed by atoms with E-state index in [1.807, 2.05) is 0 Å². The summed E-state index contributed by atoms with van der Waals surface area (Å²) in [7, 11) is -1.60. The molecule has 0 spiro atoms. The molecule has 0 bridgehead atoms. The summed E-state index contributed by atoms with van der Waals surface area (Å²) in [4.78, 5) is 0. The molecule has 0 nitrogen and oxygen atoms in total. The van der Waals surface area contributed by atoms with Crippen LogP contribution in [0.2, 0.25) is 24.2 Å². The van der Waals surface area contributed by atoms with E-state index in [0.29, 0.717) is 0 Å². The van der Waals surface area contributed by atoms with E-state index in [2.05, 4.69) is 139 Å². The highest BCUT2D eigenvalue weighted by Crippen LogP contribution is 2.68. The van der Waals surface area contributed by atoms with Crippen molar-refractivity contribution in [1.82, 2.24) is 0 Å². The van der Waals surface area contributed by atoms with Crippen molar-refractivity contribution in [1.29, 1.82) is 0 Å². The van der Waals surface area contributed by atoms with Crippen LogP contribution in [-0.2, 0) is 16.2 Å². The maximum absolute atomic E-state index is 2.91. The summed E-state index contributed by atoms with van der Waals surface area (Å²) in [6.07, 6.45) is 10.1. The zero-order chi connectivity index (χ0) is 35.1. The normalized spacial score (nSPS) is 36.2. The second kappa shape index (κ2) is 12.7. The molecule has 4 aliphatic carbocycles. The SMILES string of the molecule is CC1CCC(c2cc(C(C)(C)C)cc(C(C)(C)C)c2)C2CC(C)C([Si](C)(C)C3C(C)CC4C(c5ccc(C(C)(C)C)cc5)CCCC43)C12. The van der Waals surface area contributed by atoms with Gasteiger partial charge in [0.2, 0.25) is 0 Å². The predicted molar refractivity (Wildman–Crippen MR) is 213 cm³/mol. The van der Waals surface area contributed by atoms with Gasteiger partial charge in [0.25, 0.3) is 0 Å². The lowest BCUT2D eigenvalue weighted by molar-refractivity contribution is 0.165. The summed E-state index contributed by atoms with van der Waals surface area (Å²) in [6.45, 7) is 35.5. The Morgan fingerprint density at radius 3 is 1.58 bits per heavy atom. The first-order valence-corrected chi connectivity index (χ1v) is 23.6. The summed E-state index contributed by atoms with van der Waals surface area (Å²) in [5.74, 6) is 7.73. The van der Waals surface area contributed by atoms with Crippen LogP contribution in [0.5, 0.6) is 0 Å². The second-order valence-corrected chi connectivity index (χ2v) is 26.8. The monoisotopic (exact) mass is 667 g/mol. The van der Waals surface area contributed by atoms with E-state index in [1.165, 1.54) is 50.5 Å². The molecular formula is C47H74Si. The second-order valence-electron chi connectivity index (χ2n) is 21.8. The van der Waals surface area contributed by atoms with E-state index in [-0.39, 0.29) is 16.2 Å². The highest BCUT2D eigenvalue weighted by molar-refractivity contribution is 6.80. The Labute approximate surface area is 299 Å². The van der Waals surface area contributed by atoms with Crippen LogP contribution in [0.4, 0.5) is 0 Å². The molecule has 0 amide bonds. The third-order valence-corrected chi connectivity index (χ3v) is 20.5. The fourth-order valence-corrected chi connectivity index (χ4v) is 19.8. The van der Waals surface area contributed by atoms with Gasteiger partial charge in [0.15, 0.2) is 0 Å². The standard InChI is InChI=1S/C47H74Si/c1-29-18-23-38(33-26-35(46(7,8)9)28-36(27-33)47(10,11)12)41-25-31(3)44(42(29)41)48(13,14)43-30(2)24-40-37(16-15-17-39(40)43)32-19-21-34(22-20-32)45(4,5)6/h19-22,26-31,37-44H,15-18,23-25H2,1-14H3. The summed E-state index contributed by atoms with van der Waals surface area (Å²) in [6, 6.07) is 17.8. The number of rotatable bonds is 4. The van der Waals surface area contributed by atoms with Crippen molar-refractivity contribution in [3.8, 4) is 0 Å². The number of fused-ring (bicyclic) bond motifs is 2. The van der Waals surface area contributed by atoms with Crippen molar-refractivity contribution >= 4 is 8.07 Å². The molecule has 0 radical (unpaired) electrons. The Bertz CT molecular complexity index is 1390. The highest BCUT2D eigenvalue weighted by atomic mass is 28.3. The molecule has 0 saturated heterocycles. The molecule has 4 aliphatic rings. The van der Waals surface area contributed by atoms with Gasteiger partial charge in [-0.15, -0.1) is 0 Å². The van der Waals surface area contributed by atoms with Gasteiger partial charge in [-0.05, 0) is 141 Å². The molecule has 4 fully saturated rings. The van der Waals surface area contributed by atoms with Gasteiger partial charge in [-0.25, -0.2) is 0 Å². The van der Waals surface area contributed by atoms with Crippen molar-refractivity contribution < 1.29 is 0 Å². The number of benzene rings is 2. The molecule has 1 heteroatoms. The lowest BCUT2D eigenvalue weighted by Crippen LogP contribution is -2.48. The Morgan fingerprint density at radius 1 is 0.500 bits per heavy atom. The quantitative estimate of drug-likeness (QED) is 0.285. The molecule has 4 saturated carbocycles. The maximum atomic E-state index is 2.91. The molecule has 2 aromatic carbocycles. The third-order valence-electron chi connectivity index (χ3n) is 15.1. The van der Waals surface area contributed by atoms with Crippen molar-refractivity contribution in [3.05, 3.63) is 70.3 Å². The van der Waals surface area contributed by atoms with Gasteiger partial charge >= 0.3 is 0 Å². The Kier molecular flexibility index (Phi) is 9.65. The Balaban J connectivity index is 1.30. The summed E-state index contributed by atoms with van der Waals surface area (Å²) in [5, 5.41) is 0. The molecule has 48 heavy (non-hydrogen) atoms. The third kappa shape index (κ3) is 6.59. The van der Waals surface area contributed by atoms with Crippen LogP contribution in [0.25, 0.3) is 0 Å². The summed E-state index contributed by atoms with van der Waals surface area (Å²) >= 11 is 0. The van der Waals surface area contributed by atoms with Gasteiger partial charge in [-0.1, -0.05) is 151 Å². The molecule has 0 aromatic heterocycles. The molecule has 2 aromatic rings. The van der Waals surface area contributed by atoms with Crippen molar-refractivity contribution in [2.45, 2.75) is 180 Å². The molecule has 0 N–H and O–H groups in total. The first-order chi connectivity index (χ1) is 22.2. The molecular weight excluding hydrogens is 593 g/mol. The van der Waals surface area contributed by atoms with Crippen LogP contribution in [0.1, 0.15) is 168 Å². The minimum atomic E-state index is -1.60. The van der Waals surface area contributed by atoms with Crippen LogP contribution >= 0.6 is 0 Å². The van der Waals surface area contributed by atoms with Gasteiger partial charge in [-0.3, -0.25) is 0 Å². The maximum Gasteiger partial charge on any atom is 0.0547 e. The minimum Gasteiger partial charge on any atom is -0.0689 e.